The normalized spacial score (nSPS) is 17.4. The largest absolute Gasteiger partial charge is 0.544 e. The molecule has 2 heteroatoms. The lowest BCUT2D eigenvalue weighted by Gasteiger charge is -2.27. The molecule has 1 aliphatic carbocycles. The fourth-order valence-corrected chi connectivity index (χ4v) is 5.74. The van der Waals surface area contributed by atoms with Crippen molar-refractivity contribution in [2.45, 2.75) is 72.0 Å². The zero-order chi connectivity index (χ0) is 16.3. The van der Waals surface area contributed by atoms with E-state index in [2.05, 4.69) is 46.5 Å². The standard InChI is InChI=1S/C20H32OSi/c1-7-8-9-10-11-22(5,6)21-20-16(3)14-18-12-15(2)13-19(18)17(20)4/h7,14-15H,1,8-13H2,2-6H3. The fourth-order valence-electron chi connectivity index (χ4n) is 3.67. The molecule has 0 fully saturated rings. The summed E-state index contributed by atoms with van der Waals surface area (Å²) in [6, 6.07) is 3.61. The summed E-state index contributed by atoms with van der Waals surface area (Å²) < 4.78 is 6.62. The van der Waals surface area contributed by atoms with Crippen molar-refractivity contribution < 1.29 is 4.43 Å². The summed E-state index contributed by atoms with van der Waals surface area (Å²) in [7, 11) is -1.64. The van der Waals surface area contributed by atoms with E-state index >= 15 is 0 Å². The highest BCUT2D eigenvalue weighted by Crippen LogP contribution is 2.38. The lowest BCUT2D eigenvalue weighted by atomic mass is 10.00. The maximum absolute atomic E-state index is 6.62. The number of allylic oxidation sites excluding steroid dienone is 1. The number of rotatable bonds is 7. The number of benzene rings is 1. The van der Waals surface area contributed by atoms with Crippen LogP contribution in [0.2, 0.25) is 19.1 Å². The van der Waals surface area contributed by atoms with Gasteiger partial charge in [-0.1, -0.05) is 25.5 Å². The second-order valence-electron chi connectivity index (χ2n) is 7.69. The topological polar surface area (TPSA) is 9.23 Å². The Hall–Kier alpha value is -1.02. The van der Waals surface area contributed by atoms with E-state index in [9.17, 15) is 0 Å². The Balaban J connectivity index is 2.12. The molecule has 0 amide bonds. The zero-order valence-electron chi connectivity index (χ0n) is 15.1. The number of aryl methyl sites for hydroxylation is 1. The average molecular weight is 317 g/mol. The second kappa shape index (κ2) is 7.04. The SMILES string of the molecule is C=CCCCC[Si](C)(C)Oc1c(C)cc2c(c1C)CC(C)C2. The zero-order valence-corrected chi connectivity index (χ0v) is 16.1. The van der Waals surface area contributed by atoms with Gasteiger partial charge in [0.05, 0.1) is 0 Å². The highest BCUT2D eigenvalue weighted by atomic mass is 28.4. The van der Waals surface area contributed by atoms with E-state index < -0.39 is 8.32 Å². The summed E-state index contributed by atoms with van der Waals surface area (Å²) in [5, 5.41) is 0. The molecule has 1 unspecified atom stereocenters. The van der Waals surface area contributed by atoms with Gasteiger partial charge in [0, 0.05) is 0 Å². The molecule has 1 nitrogen and oxygen atoms in total. The lowest BCUT2D eigenvalue weighted by Crippen LogP contribution is -2.34. The molecule has 0 saturated carbocycles. The van der Waals surface area contributed by atoms with E-state index in [1.54, 1.807) is 11.1 Å². The first kappa shape index (κ1) is 17.3. The van der Waals surface area contributed by atoms with E-state index in [0.717, 1.165) is 12.3 Å². The van der Waals surface area contributed by atoms with E-state index in [4.69, 9.17) is 4.43 Å². The minimum absolute atomic E-state index is 0.785. The molecule has 0 N–H and O–H groups in total. The van der Waals surface area contributed by atoms with Crippen molar-refractivity contribution >= 4 is 8.32 Å². The summed E-state index contributed by atoms with van der Waals surface area (Å²) in [5.41, 5.74) is 5.85. The van der Waals surface area contributed by atoms with Crippen LogP contribution in [0.15, 0.2) is 18.7 Å². The first-order chi connectivity index (χ1) is 10.3. The van der Waals surface area contributed by atoms with Crippen LogP contribution in [-0.2, 0) is 12.8 Å². The highest BCUT2D eigenvalue weighted by molar-refractivity contribution is 6.71. The molecule has 0 aromatic heterocycles. The Morgan fingerprint density at radius 2 is 2.00 bits per heavy atom. The van der Waals surface area contributed by atoms with Crippen LogP contribution in [0.4, 0.5) is 0 Å². The molecule has 1 atom stereocenters. The van der Waals surface area contributed by atoms with Crippen molar-refractivity contribution in [3.8, 4) is 5.75 Å². The van der Waals surface area contributed by atoms with Gasteiger partial charge in [0.2, 0.25) is 8.32 Å². The Labute approximate surface area is 137 Å². The van der Waals surface area contributed by atoms with Crippen LogP contribution in [0, 0.1) is 19.8 Å². The van der Waals surface area contributed by atoms with Gasteiger partial charge in [-0.3, -0.25) is 0 Å². The number of unbranched alkanes of at least 4 members (excludes halogenated alkanes) is 2. The fraction of sp³-hybridized carbons (Fsp3) is 0.600. The molecule has 0 heterocycles. The van der Waals surface area contributed by atoms with Crippen LogP contribution >= 0.6 is 0 Å². The third kappa shape index (κ3) is 4.04. The molecule has 0 saturated heterocycles. The smallest absolute Gasteiger partial charge is 0.245 e. The summed E-state index contributed by atoms with van der Waals surface area (Å²) in [4.78, 5) is 0. The van der Waals surface area contributed by atoms with Gasteiger partial charge in [0.25, 0.3) is 0 Å². The monoisotopic (exact) mass is 316 g/mol. The number of fused-ring (bicyclic) bond motifs is 1. The first-order valence-corrected chi connectivity index (χ1v) is 11.9. The molecule has 122 valence electrons. The van der Waals surface area contributed by atoms with Crippen molar-refractivity contribution in [1.29, 1.82) is 0 Å². The molecular weight excluding hydrogens is 284 g/mol. The second-order valence-corrected chi connectivity index (χ2v) is 11.9. The van der Waals surface area contributed by atoms with Crippen LogP contribution in [0.1, 0.15) is 48.4 Å². The van der Waals surface area contributed by atoms with Crippen molar-refractivity contribution in [3.05, 3.63) is 41.0 Å². The summed E-state index contributed by atoms with van der Waals surface area (Å²) in [6.45, 7) is 15.4. The minimum Gasteiger partial charge on any atom is -0.544 e. The quantitative estimate of drug-likeness (QED) is 0.341. The Bertz CT molecular complexity index is 545. The molecule has 1 aromatic carbocycles. The molecule has 22 heavy (non-hydrogen) atoms. The molecule has 1 aliphatic rings. The maximum Gasteiger partial charge on any atom is 0.245 e. The Kier molecular flexibility index (Phi) is 5.54. The summed E-state index contributed by atoms with van der Waals surface area (Å²) >= 11 is 0. The Morgan fingerprint density at radius 3 is 2.68 bits per heavy atom. The first-order valence-electron chi connectivity index (χ1n) is 8.76. The van der Waals surface area contributed by atoms with Crippen molar-refractivity contribution in [1.82, 2.24) is 0 Å². The van der Waals surface area contributed by atoms with Gasteiger partial charge >= 0.3 is 0 Å². The van der Waals surface area contributed by atoms with E-state index in [0.29, 0.717) is 0 Å². The lowest BCUT2D eigenvalue weighted by molar-refractivity contribution is 0.531. The van der Waals surface area contributed by atoms with Crippen LogP contribution < -0.4 is 4.43 Å². The van der Waals surface area contributed by atoms with Gasteiger partial charge in [-0.05, 0) is 86.8 Å². The van der Waals surface area contributed by atoms with Crippen LogP contribution in [0.25, 0.3) is 0 Å². The molecular formula is C20H32OSi. The van der Waals surface area contributed by atoms with E-state index in [1.165, 1.54) is 48.6 Å². The number of hydrogen-bond acceptors (Lipinski definition) is 1. The van der Waals surface area contributed by atoms with Gasteiger partial charge < -0.3 is 4.43 Å². The van der Waals surface area contributed by atoms with E-state index in [1.807, 2.05) is 6.08 Å². The predicted molar refractivity (Wildman–Crippen MR) is 99.5 cm³/mol. The maximum atomic E-state index is 6.62. The average Bonchev–Trinajstić information content (AvgIpc) is 2.80. The number of hydrogen-bond donors (Lipinski definition) is 0. The van der Waals surface area contributed by atoms with Crippen molar-refractivity contribution in [3.63, 3.8) is 0 Å². The van der Waals surface area contributed by atoms with Crippen LogP contribution in [0.5, 0.6) is 5.75 Å². The molecule has 0 bridgehead atoms. The van der Waals surface area contributed by atoms with Crippen molar-refractivity contribution in [2.75, 3.05) is 0 Å². The third-order valence-corrected chi connectivity index (χ3v) is 7.18. The van der Waals surface area contributed by atoms with Gasteiger partial charge in [0.1, 0.15) is 5.75 Å². The highest BCUT2D eigenvalue weighted by Gasteiger charge is 2.28. The van der Waals surface area contributed by atoms with Gasteiger partial charge in [-0.2, -0.15) is 0 Å². The predicted octanol–water partition coefficient (Wildman–Crippen LogP) is 5.98. The van der Waals surface area contributed by atoms with E-state index in [-0.39, 0.29) is 0 Å². The van der Waals surface area contributed by atoms with Crippen LogP contribution in [0.3, 0.4) is 0 Å². The molecule has 0 spiro atoms. The Morgan fingerprint density at radius 1 is 1.27 bits per heavy atom. The molecule has 1 aromatic rings. The summed E-state index contributed by atoms with van der Waals surface area (Å²) in [5.74, 6) is 1.97. The molecule has 0 aliphatic heterocycles. The summed E-state index contributed by atoms with van der Waals surface area (Å²) in [6.07, 6.45) is 8.09. The van der Waals surface area contributed by atoms with Crippen molar-refractivity contribution in [2.24, 2.45) is 5.92 Å². The van der Waals surface area contributed by atoms with Gasteiger partial charge in [0.15, 0.2) is 0 Å². The van der Waals surface area contributed by atoms with Gasteiger partial charge in [-0.15, -0.1) is 6.58 Å². The van der Waals surface area contributed by atoms with Gasteiger partial charge in [-0.25, -0.2) is 0 Å². The minimum atomic E-state index is -1.64. The van der Waals surface area contributed by atoms with Crippen LogP contribution in [-0.4, -0.2) is 8.32 Å². The molecule has 2 rings (SSSR count). The molecule has 0 radical (unpaired) electrons. The third-order valence-electron chi connectivity index (χ3n) is 4.87.